The van der Waals surface area contributed by atoms with Crippen LogP contribution in [0.4, 0.5) is 18.9 Å². The first-order valence-corrected chi connectivity index (χ1v) is 7.05. The van der Waals surface area contributed by atoms with Crippen LogP contribution in [0.25, 0.3) is 5.69 Å². The Morgan fingerprint density at radius 1 is 1.39 bits per heavy atom. The van der Waals surface area contributed by atoms with Crippen molar-refractivity contribution in [3.63, 3.8) is 0 Å². The summed E-state index contributed by atoms with van der Waals surface area (Å²) < 4.78 is 46.3. The molecule has 1 unspecified atom stereocenters. The number of hydrogen-bond acceptors (Lipinski definition) is 3. The summed E-state index contributed by atoms with van der Waals surface area (Å²) in [5.74, 6) is -0.873. The van der Waals surface area contributed by atoms with E-state index in [1.807, 2.05) is 0 Å². The average Bonchev–Trinajstić information content (AvgIpc) is 3.20. The lowest BCUT2D eigenvalue weighted by atomic mass is 10.1. The molecule has 23 heavy (non-hydrogen) atoms. The van der Waals surface area contributed by atoms with Crippen molar-refractivity contribution in [3.8, 4) is 5.69 Å². The molecule has 1 atom stereocenters. The van der Waals surface area contributed by atoms with Gasteiger partial charge in [0.2, 0.25) is 5.91 Å². The molecule has 1 amide bonds. The number of nitrogens with zero attached hydrogens (tertiary/aromatic N) is 2. The van der Waals surface area contributed by atoms with Gasteiger partial charge in [-0.1, -0.05) is 0 Å². The van der Waals surface area contributed by atoms with E-state index in [9.17, 15) is 18.0 Å². The zero-order valence-electron chi connectivity index (χ0n) is 12.0. The number of alkyl halides is 3. The first-order valence-electron chi connectivity index (χ1n) is 7.05. The number of amides is 1. The lowest BCUT2D eigenvalue weighted by Gasteiger charge is -2.16. The van der Waals surface area contributed by atoms with Crippen LogP contribution in [0.1, 0.15) is 12.0 Å². The summed E-state index contributed by atoms with van der Waals surface area (Å²) in [6.45, 7) is 0.682. The molecule has 1 fully saturated rings. The number of anilines is 1. The quantitative estimate of drug-likeness (QED) is 0.944. The van der Waals surface area contributed by atoms with Crippen molar-refractivity contribution in [3.05, 3.63) is 42.2 Å². The van der Waals surface area contributed by atoms with Gasteiger partial charge in [0, 0.05) is 19.0 Å². The van der Waals surface area contributed by atoms with Crippen molar-refractivity contribution in [2.45, 2.75) is 12.6 Å². The number of ether oxygens (including phenoxy) is 1. The van der Waals surface area contributed by atoms with Gasteiger partial charge in [-0.05, 0) is 30.7 Å². The molecule has 1 aromatic heterocycles. The normalized spacial score (nSPS) is 18.1. The molecule has 5 nitrogen and oxygen atoms in total. The van der Waals surface area contributed by atoms with Crippen molar-refractivity contribution < 1.29 is 22.7 Å². The second-order valence-corrected chi connectivity index (χ2v) is 5.23. The van der Waals surface area contributed by atoms with E-state index in [2.05, 4.69) is 10.4 Å². The lowest BCUT2D eigenvalue weighted by Crippen LogP contribution is -2.24. The fourth-order valence-electron chi connectivity index (χ4n) is 2.42. The second-order valence-electron chi connectivity index (χ2n) is 5.23. The zero-order chi connectivity index (χ0) is 16.4. The van der Waals surface area contributed by atoms with Crippen LogP contribution < -0.4 is 5.32 Å². The van der Waals surface area contributed by atoms with Crippen molar-refractivity contribution in [2.75, 3.05) is 18.5 Å². The number of carbonyl (C=O) groups excluding carboxylic acids is 1. The fourth-order valence-corrected chi connectivity index (χ4v) is 2.42. The maximum absolute atomic E-state index is 13.3. The molecule has 1 aromatic carbocycles. The molecule has 2 aromatic rings. The Hall–Kier alpha value is -2.35. The third-order valence-electron chi connectivity index (χ3n) is 3.64. The van der Waals surface area contributed by atoms with Crippen LogP contribution in [-0.2, 0) is 15.7 Å². The highest BCUT2D eigenvalue weighted by atomic mass is 19.4. The van der Waals surface area contributed by atoms with Gasteiger partial charge in [0.05, 0.1) is 29.5 Å². The molecule has 0 bridgehead atoms. The Morgan fingerprint density at radius 3 is 2.83 bits per heavy atom. The molecule has 1 aliphatic rings. The average molecular weight is 325 g/mol. The topological polar surface area (TPSA) is 56.2 Å². The number of rotatable bonds is 3. The van der Waals surface area contributed by atoms with E-state index in [1.165, 1.54) is 23.0 Å². The first kappa shape index (κ1) is 15.5. The molecule has 122 valence electrons. The molecular formula is C15H14F3N3O2. The summed E-state index contributed by atoms with van der Waals surface area (Å²) in [7, 11) is 0. The predicted octanol–water partition coefficient (Wildman–Crippen LogP) is 2.87. The standard InChI is InChI=1S/C15H14F3N3O2/c16-15(17,18)12-8-11(21-6-1-5-19-21)2-3-13(12)20-14(22)10-4-7-23-9-10/h1-3,5-6,8,10H,4,7,9H2,(H,20,22). The Morgan fingerprint density at radius 2 is 2.22 bits per heavy atom. The smallest absolute Gasteiger partial charge is 0.381 e. The Kier molecular flexibility index (Phi) is 4.08. The Balaban J connectivity index is 1.91. The van der Waals surface area contributed by atoms with E-state index >= 15 is 0 Å². The Bertz CT molecular complexity index is 692. The predicted molar refractivity (Wildman–Crippen MR) is 76.1 cm³/mol. The third-order valence-corrected chi connectivity index (χ3v) is 3.64. The molecular weight excluding hydrogens is 311 g/mol. The highest BCUT2D eigenvalue weighted by Gasteiger charge is 2.35. The maximum Gasteiger partial charge on any atom is 0.418 e. The first-order chi connectivity index (χ1) is 10.9. The van der Waals surface area contributed by atoms with Gasteiger partial charge >= 0.3 is 6.18 Å². The third kappa shape index (κ3) is 3.37. The molecule has 1 saturated heterocycles. The zero-order valence-corrected chi connectivity index (χ0v) is 12.0. The number of halogens is 3. The van der Waals surface area contributed by atoms with E-state index < -0.39 is 23.6 Å². The van der Waals surface area contributed by atoms with Crippen LogP contribution in [0.5, 0.6) is 0 Å². The van der Waals surface area contributed by atoms with Gasteiger partial charge in [-0.3, -0.25) is 4.79 Å². The SMILES string of the molecule is O=C(Nc1ccc(-n2cccn2)cc1C(F)(F)F)C1CCOC1. The minimum atomic E-state index is -4.59. The van der Waals surface area contributed by atoms with E-state index in [0.717, 1.165) is 6.07 Å². The van der Waals surface area contributed by atoms with Crippen LogP contribution >= 0.6 is 0 Å². The largest absolute Gasteiger partial charge is 0.418 e. The molecule has 0 radical (unpaired) electrons. The monoisotopic (exact) mass is 325 g/mol. The van der Waals surface area contributed by atoms with Gasteiger partial charge in [0.1, 0.15) is 0 Å². The molecule has 3 rings (SSSR count). The lowest BCUT2D eigenvalue weighted by molar-refractivity contribution is -0.137. The number of aromatic nitrogens is 2. The highest BCUT2D eigenvalue weighted by Crippen LogP contribution is 2.36. The van der Waals surface area contributed by atoms with Crippen LogP contribution in [0.3, 0.4) is 0 Å². The van der Waals surface area contributed by atoms with E-state index in [4.69, 9.17) is 4.74 Å². The summed E-state index contributed by atoms with van der Waals surface area (Å²) in [4.78, 5) is 12.0. The summed E-state index contributed by atoms with van der Waals surface area (Å²) in [6.07, 6.45) is -1.05. The number of nitrogens with one attached hydrogen (secondary N) is 1. The maximum atomic E-state index is 13.3. The second kappa shape index (κ2) is 6.04. The number of benzene rings is 1. The van der Waals surface area contributed by atoms with E-state index in [-0.39, 0.29) is 18.0 Å². The minimum absolute atomic E-state index is 0.235. The van der Waals surface area contributed by atoms with Crippen LogP contribution in [0, 0.1) is 5.92 Å². The van der Waals surface area contributed by atoms with Crippen molar-refractivity contribution in [1.82, 2.24) is 9.78 Å². The summed E-state index contributed by atoms with van der Waals surface area (Å²) in [5.41, 5.74) is -0.896. The van der Waals surface area contributed by atoms with Gasteiger partial charge < -0.3 is 10.1 Å². The minimum Gasteiger partial charge on any atom is -0.381 e. The molecule has 0 aliphatic carbocycles. The summed E-state index contributed by atoms with van der Waals surface area (Å²) >= 11 is 0. The molecule has 1 N–H and O–H groups in total. The van der Waals surface area contributed by atoms with Crippen LogP contribution in [0.15, 0.2) is 36.7 Å². The van der Waals surface area contributed by atoms with Crippen molar-refractivity contribution in [2.24, 2.45) is 5.92 Å². The van der Waals surface area contributed by atoms with Gasteiger partial charge in [-0.25, -0.2) is 4.68 Å². The number of hydrogen-bond donors (Lipinski definition) is 1. The molecule has 0 spiro atoms. The van der Waals surface area contributed by atoms with E-state index in [1.54, 1.807) is 12.3 Å². The molecule has 2 heterocycles. The van der Waals surface area contributed by atoms with Gasteiger partial charge in [-0.2, -0.15) is 18.3 Å². The molecule has 0 saturated carbocycles. The van der Waals surface area contributed by atoms with E-state index in [0.29, 0.717) is 13.0 Å². The fraction of sp³-hybridized carbons (Fsp3) is 0.333. The highest BCUT2D eigenvalue weighted by molar-refractivity contribution is 5.93. The molecule has 1 aliphatic heterocycles. The van der Waals surface area contributed by atoms with Crippen molar-refractivity contribution >= 4 is 11.6 Å². The van der Waals surface area contributed by atoms with Crippen LogP contribution in [-0.4, -0.2) is 28.9 Å². The summed E-state index contributed by atoms with van der Waals surface area (Å²) in [6, 6.07) is 5.30. The van der Waals surface area contributed by atoms with Gasteiger partial charge in [0.15, 0.2) is 0 Å². The Labute approximate surface area is 130 Å². The van der Waals surface area contributed by atoms with Crippen LogP contribution in [0.2, 0.25) is 0 Å². The van der Waals surface area contributed by atoms with Crippen molar-refractivity contribution in [1.29, 1.82) is 0 Å². The van der Waals surface area contributed by atoms with Gasteiger partial charge in [0.25, 0.3) is 0 Å². The summed E-state index contributed by atoms with van der Waals surface area (Å²) in [5, 5.41) is 6.27. The molecule has 8 heteroatoms. The number of carbonyl (C=O) groups is 1. The van der Waals surface area contributed by atoms with Gasteiger partial charge in [-0.15, -0.1) is 0 Å².